The van der Waals surface area contributed by atoms with E-state index in [9.17, 15) is 0 Å². The quantitative estimate of drug-likeness (QED) is 0.800. The first-order valence-corrected chi connectivity index (χ1v) is 6.98. The number of rotatable bonds is 3. The molecule has 1 heterocycles. The highest BCUT2D eigenvalue weighted by Gasteiger charge is 2.12. The van der Waals surface area contributed by atoms with E-state index in [4.69, 9.17) is 4.74 Å². The van der Waals surface area contributed by atoms with Crippen LogP contribution in [0.3, 0.4) is 0 Å². The molecule has 3 nitrogen and oxygen atoms in total. The zero-order valence-corrected chi connectivity index (χ0v) is 12.7. The lowest BCUT2D eigenvalue weighted by Crippen LogP contribution is -1.94. The maximum atomic E-state index is 5.99. The van der Waals surface area contributed by atoms with Crippen LogP contribution in [0.25, 0.3) is 0 Å². The molecule has 0 bridgehead atoms. The van der Waals surface area contributed by atoms with Crippen molar-refractivity contribution in [2.24, 2.45) is 7.05 Å². The molecule has 2 rings (SSSR count). The van der Waals surface area contributed by atoms with Crippen LogP contribution >= 0.6 is 15.9 Å². The molecule has 0 spiro atoms. The number of alkyl halides is 1. The van der Waals surface area contributed by atoms with Crippen molar-refractivity contribution in [1.29, 1.82) is 0 Å². The summed E-state index contributed by atoms with van der Waals surface area (Å²) in [6.07, 6.45) is 0. The van der Waals surface area contributed by atoms with Crippen LogP contribution in [-0.2, 0) is 12.4 Å². The lowest BCUT2D eigenvalue weighted by molar-refractivity contribution is 0.470. The first-order chi connectivity index (χ1) is 8.52. The Morgan fingerprint density at radius 1 is 1.28 bits per heavy atom. The van der Waals surface area contributed by atoms with E-state index in [0.717, 1.165) is 33.8 Å². The van der Waals surface area contributed by atoms with Gasteiger partial charge in [-0.2, -0.15) is 5.10 Å². The smallest absolute Gasteiger partial charge is 0.171 e. The van der Waals surface area contributed by atoms with E-state index in [-0.39, 0.29) is 0 Å². The molecule has 0 N–H and O–H groups in total. The monoisotopic (exact) mass is 308 g/mol. The summed E-state index contributed by atoms with van der Waals surface area (Å²) >= 11 is 3.46. The number of hydrogen-bond acceptors (Lipinski definition) is 2. The third-order valence-electron chi connectivity index (χ3n) is 3.05. The molecule has 0 saturated heterocycles. The van der Waals surface area contributed by atoms with Gasteiger partial charge < -0.3 is 4.74 Å². The predicted octanol–water partition coefficient (Wildman–Crippen LogP) is 4.03. The van der Waals surface area contributed by atoms with Crippen molar-refractivity contribution in [2.75, 3.05) is 0 Å². The van der Waals surface area contributed by atoms with Gasteiger partial charge in [0, 0.05) is 12.4 Å². The molecule has 0 aliphatic rings. The molecule has 0 aliphatic carbocycles. The van der Waals surface area contributed by atoms with Crippen molar-refractivity contribution in [2.45, 2.75) is 26.1 Å². The minimum Gasteiger partial charge on any atom is -0.453 e. The van der Waals surface area contributed by atoms with E-state index in [1.54, 1.807) is 0 Å². The highest BCUT2D eigenvalue weighted by molar-refractivity contribution is 9.08. The Hall–Kier alpha value is -1.29. The van der Waals surface area contributed by atoms with Crippen LogP contribution in [0, 0.1) is 20.8 Å². The minimum absolute atomic E-state index is 0.854. The highest BCUT2D eigenvalue weighted by atomic mass is 79.9. The SMILES string of the molecule is Cc1cc(CBr)ccc1Oc1c(C)nn(C)c1C. The maximum absolute atomic E-state index is 5.99. The zero-order valence-electron chi connectivity index (χ0n) is 11.1. The van der Waals surface area contributed by atoms with Gasteiger partial charge in [0.2, 0.25) is 0 Å². The molecular weight excluding hydrogens is 292 g/mol. The molecule has 0 radical (unpaired) electrons. The lowest BCUT2D eigenvalue weighted by Gasteiger charge is -2.10. The van der Waals surface area contributed by atoms with E-state index in [0.29, 0.717) is 0 Å². The highest BCUT2D eigenvalue weighted by Crippen LogP contribution is 2.30. The van der Waals surface area contributed by atoms with Crippen LogP contribution in [0.15, 0.2) is 18.2 Å². The summed E-state index contributed by atoms with van der Waals surface area (Å²) in [7, 11) is 1.93. The molecule has 0 fully saturated rings. The minimum atomic E-state index is 0.854. The summed E-state index contributed by atoms with van der Waals surface area (Å²) in [5.41, 5.74) is 4.34. The average Bonchev–Trinajstić information content (AvgIpc) is 2.58. The van der Waals surface area contributed by atoms with Gasteiger partial charge in [0.15, 0.2) is 5.75 Å². The van der Waals surface area contributed by atoms with Gasteiger partial charge in [-0.05, 0) is 38.0 Å². The number of hydrogen-bond donors (Lipinski definition) is 0. The number of benzene rings is 1. The molecule has 0 unspecified atom stereocenters. The molecule has 4 heteroatoms. The van der Waals surface area contributed by atoms with Gasteiger partial charge in [0.1, 0.15) is 11.4 Å². The molecule has 96 valence electrons. The number of ether oxygens (including phenoxy) is 1. The topological polar surface area (TPSA) is 27.1 Å². The summed E-state index contributed by atoms with van der Waals surface area (Å²) in [4.78, 5) is 0. The van der Waals surface area contributed by atoms with Crippen molar-refractivity contribution in [3.05, 3.63) is 40.7 Å². The largest absolute Gasteiger partial charge is 0.453 e. The van der Waals surface area contributed by atoms with Crippen LogP contribution in [0.2, 0.25) is 0 Å². The molecule has 0 atom stereocenters. The first kappa shape index (κ1) is 13.1. The van der Waals surface area contributed by atoms with Crippen molar-refractivity contribution >= 4 is 15.9 Å². The summed E-state index contributed by atoms with van der Waals surface area (Å²) in [6, 6.07) is 6.21. The Kier molecular flexibility index (Phi) is 3.76. The van der Waals surface area contributed by atoms with Crippen LogP contribution in [0.5, 0.6) is 11.5 Å². The summed E-state index contributed by atoms with van der Waals surface area (Å²) < 4.78 is 7.83. The Morgan fingerprint density at radius 3 is 2.50 bits per heavy atom. The molecule has 0 saturated carbocycles. The molecular formula is C14H17BrN2O. The van der Waals surface area contributed by atoms with E-state index in [1.807, 2.05) is 31.6 Å². The standard InChI is InChI=1S/C14H17BrN2O/c1-9-7-12(8-15)5-6-13(9)18-14-10(2)16-17(4)11(14)3/h5-7H,8H2,1-4H3. The van der Waals surface area contributed by atoms with E-state index < -0.39 is 0 Å². The van der Waals surface area contributed by atoms with Gasteiger partial charge in [-0.1, -0.05) is 28.1 Å². The third kappa shape index (κ3) is 2.43. The average molecular weight is 309 g/mol. The van der Waals surface area contributed by atoms with Gasteiger partial charge in [-0.3, -0.25) is 4.68 Å². The molecule has 1 aromatic carbocycles. The van der Waals surface area contributed by atoms with Gasteiger partial charge in [-0.15, -0.1) is 0 Å². The van der Waals surface area contributed by atoms with E-state index in [2.05, 4.69) is 40.1 Å². The second-order valence-electron chi connectivity index (χ2n) is 4.46. The van der Waals surface area contributed by atoms with Crippen molar-refractivity contribution < 1.29 is 4.74 Å². The van der Waals surface area contributed by atoms with Gasteiger partial charge >= 0.3 is 0 Å². The van der Waals surface area contributed by atoms with Gasteiger partial charge in [0.25, 0.3) is 0 Å². The van der Waals surface area contributed by atoms with Crippen LogP contribution < -0.4 is 4.74 Å². The van der Waals surface area contributed by atoms with Gasteiger partial charge in [-0.25, -0.2) is 0 Å². The number of aryl methyl sites for hydroxylation is 3. The van der Waals surface area contributed by atoms with Crippen molar-refractivity contribution in [3.63, 3.8) is 0 Å². The van der Waals surface area contributed by atoms with Crippen LogP contribution in [0.1, 0.15) is 22.5 Å². The summed E-state index contributed by atoms with van der Waals surface area (Å²) in [6.45, 7) is 6.03. The summed E-state index contributed by atoms with van der Waals surface area (Å²) in [5.74, 6) is 1.74. The fourth-order valence-corrected chi connectivity index (χ4v) is 2.27. The second kappa shape index (κ2) is 5.14. The van der Waals surface area contributed by atoms with Crippen LogP contribution in [0.4, 0.5) is 0 Å². The van der Waals surface area contributed by atoms with Gasteiger partial charge in [0.05, 0.1) is 5.69 Å². The Labute approximate surface area is 116 Å². The lowest BCUT2D eigenvalue weighted by atomic mass is 10.1. The fourth-order valence-electron chi connectivity index (χ4n) is 1.92. The van der Waals surface area contributed by atoms with Crippen molar-refractivity contribution in [1.82, 2.24) is 9.78 Å². The van der Waals surface area contributed by atoms with E-state index in [1.165, 1.54) is 5.56 Å². The third-order valence-corrected chi connectivity index (χ3v) is 3.70. The zero-order chi connectivity index (χ0) is 13.3. The number of aromatic nitrogens is 2. The molecule has 18 heavy (non-hydrogen) atoms. The predicted molar refractivity (Wildman–Crippen MR) is 76.6 cm³/mol. The Bertz CT molecular complexity index is 575. The first-order valence-electron chi connectivity index (χ1n) is 5.86. The molecule has 2 aromatic rings. The Balaban J connectivity index is 2.34. The normalized spacial score (nSPS) is 10.7. The number of halogens is 1. The fraction of sp³-hybridized carbons (Fsp3) is 0.357. The van der Waals surface area contributed by atoms with E-state index >= 15 is 0 Å². The molecule has 1 aromatic heterocycles. The number of nitrogens with zero attached hydrogens (tertiary/aromatic N) is 2. The Morgan fingerprint density at radius 2 is 2.00 bits per heavy atom. The summed E-state index contributed by atoms with van der Waals surface area (Å²) in [5, 5.41) is 5.21. The molecule has 0 aliphatic heterocycles. The molecule has 0 amide bonds. The van der Waals surface area contributed by atoms with Crippen LogP contribution in [-0.4, -0.2) is 9.78 Å². The second-order valence-corrected chi connectivity index (χ2v) is 5.02. The maximum Gasteiger partial charge on any atom is 0.171 e. The van der Waals surface area contributed by atoms with Crippen molar-refractivity contribution in [3.8, 4) is 11.5 Å².